The lowest BCUT2D eigenvalue weighted by atomic mass is 9.77. The van der Waals surface area contributed by atoms with Gasteiger partial charge in [0.1, 0.15) is 22.0 Å². The fourth-order valence-electron chi connectivity index (χ4n) is 6.59. The first-order chi connectivity index (χ1) is 18.3. The van der Waals surface area contributed by atoms with E-state index in [1.807, 2.05) is 0 Å². The number of hydrogen-bond acceptors (Lipinski definition) is 7. The van der Waals surface area contributed by atoms with E-state index in [4.69, 9.17) is 11.6 Å². The fourth-order valence-corrected chi connectivity index (χ4v) is 8.75. The van der Waals surface area contributed by atoms with E-state index < -0.39 is 31.6 Å². The first kappa shape index (κ1) is 26.3. The molecular weight excluding hydrogens is 569 g/mol. The predicted octanol–water partition coefficient (Wildman–Crippen LogP) is 3.81. The minimum atomic E-state index is -4.33. The molecular formula is C26H25ClFN3O6S2. The molecule has 0 unspecified atom stereocenters. The van der Waals surface area contributed by atoms with Gasteiger partial charge in [-0.2, -0.15) is 8.42 Å². The molecule has 206 valence electrons. The van der Waals surface area contributed by atoms with Crippen LogP contribution in [0.4, 0.5) is 10.1 Å². The number of aliphatic hydroxyl groups excluding tert-OH is 1. The second-order valence-corrected chi connectivity index (χ2v) is 14.9. The second-order valence-electron chi connectivity index (χ2n) is 10.7. The van der Waals surface area contributed by atoms with E-state index in [2.05, 4.69) is 9.71 Å². The van der Waals surface area contributed by atoms with Gasteiger partial charge < -0.3 is 15.3 Å². The molecule has 4 atom stereocenters. The molecule has 4 aliphatic rings. The van der Waals surface area contributed by atoms with Crippen molar-refractivity contribution in [3.05, 3.63) is 69.7 Å². The summed E-state index contributed by atoms with van der Waals surface area (Å²) in [4.78, 5) is 15.4. The monoisotopic (exact) mass is 593 g/mol. The zero-order chi connectivity index (χ0) is 27.9. The molecule has 2 bridgehead atoms. The van der Waals surface area contributed by atoms with Gasteiger partial charge in [-0.15, -0.1) is 4.40 Å². The Labute approximate surface area is 230 Å². The van der Waals surface area contributed by atoms with Crippen LogP contribution in [0.5, 0.6) is 0 Å². The molecule has 1 amide bonds. The Balaban J connectivity index is 1.41. The molecule has 13 heteroatoms. The number of benzene rings is 2. The molecule has 0 radical (unpaired) electrons. The summed E-state index contributed by atoms with van der Waals surface area (Å²) in [5.41, 5.74) is 0.792. The average molecular weight is 594 g/mol. The van der Waals surface area contributed by atoms with E-state index in [1.165, 1.54) is 30.3 Å². The van der Waals surface area contributed by atoms with E-state index in [-0.39, 0.29) is 74.4 Å². The molecule has 2 N–H and O–H groups in total. The number of rotatable bonds is 5. The normalized spacial score (nSPS) is 27.2. The van der Waals surface area contributed by atoms with Crippen molar-refractivity contribution in [2.75, 3.05) is 11.6 Å². The number of amides is 1. The number of fused-ring (bicyclic) bond motifs is 6. The van der Waals surface area contributed by atoms with Crippen LogP contribution in [0.2, 0.25) is 5.02 Å². The van der Waals surface area contributed by atoms with E-state index >= 15 is 0 Å². The maximum Gasteiger partial charge on any atom is 0.286 e. The van der Waals surface area contributed by atoms with Crippen molar-refractivity contribution in [1.29, 1.82) is 0 Å². The lowest BCUT2D eigenvalue weighted by Gasteiger charge is -2.44. The van der Waals surface area contributed by atoms with Crippen molar-refractivity contribution < 1.29 is 31.1 Å². The molecule has 0 spiro atoms. The zero-order valence-electron chi connectivity index (χ0n) is 20.8. The van der Waals surface area contributed by atoms with Crippen molar-refractivity contribution in [2.24, 2.45) is 22.2 Å². The number of sulfone groups is 1. The Morgan fingerprint density at radius 2 is 1.87 bits per heavy atom. The van der Waals surface area contributed by atoms with Crippen LogP contribution in [0.25, 0.3) is 0 Å². The highest BCUT2D eigenvalue weighted by atomic mass is 35.5. The molecule has 6 rings (SSSR count). The first-order valence-electron chi connectivity index (χ1n) is 12.4. The summed E-state index contributed by atoms with van der Waals surface area (Å²) in [6.07, 6.45) is 3.69. The van der Waals surface area contributed by atoms with Crippen molar-refractivity contribution >= 4 is 48.9 Å². The Morgan fingerprint density at radius 3 is 2.59 bits per heavy atom. The van der Waals surface area contributed by atoms with E-state index in [9.17, 15) is 31.1 Å². The number of sulfonamides is 1. The number of halogens is 2. The minimum absolute atomic E-state index is 0.0728. The molecule has 0 aromatic heterocycles. The van der Waals surface area contributed by atoms with Gasteiger partial charge in [0, 0.05) is 24.8 Å². The van der Waals surface area contributed by atoms with Crippen LogP contribution in [0.1, 0.15) is 30.4 Å². The van der Waals surface area contributed by atoms with Gasteiger partial charge in [-0.1, -0.05) is 23.7 Å². The Hall–Kier alpha value is -2.96. The van der Waals surface area contributed by atoms with E-state index in [1.54, 1.807) is 11.0 Å². The van der Waals surface area contributed by atoms with E-state index in [0.29, 0.717) is 5.56 Å². The van der Waals surface area contributed by atoms with Gasteiger partial charge in [-0.05, 0) is 66.5 Å². The Kier molecular flexibility index (Phi) is 6.09. The number of amidine groups is 1. The van der Waals surface area contributed by atoms with Crippen molar-refractivity contribution in [3.63, 3.8) is 0 Å². The van der Waals surface area contributed by atoms with Crippen LogP contribution in [0.3, 0.4) is 0 Å². The van der Waals surface area contributed by atoms with Gasteiger partial charge in [0.25, 0.3) is 15.9 Å². The van der Waals surface area contributed by atoms with Crippen LogP contribution < -0.4 is 5.32 Å². The second kappa shape index (κ2) is 9.03. The number of carbonyl (C=O) groups excluding carboxylic acids is 1. The first-order valence-corrected chi connectivity index (χ1v) is 16.3. The molecule has 2 aromatic rings. The summed E-state index contributed by atoms with van der Waals surface area (Å²) in [5, 5.41) is 14.2. The van der Waals surface area contributed by atoms with E-state index in [0.717, 1.165) is 25.5 Å². The standard InChI is InChI=1S/C26H25ClFN3O6S2/c1-38(34,35)12-14-3-7-19-20(9-14)39(36,37)30-25(29-19)22-24(32)21-15-4-5-16(10-15)23(21)31(26(22)33)11-13-2-6-18(28)17(27)8-13/h2-3,6-9,15-16,21,23,32H,4-5,10-12H2,1H3,(H,29,30)/t15-,16+,21+,23-/m0/s1. The van der Waals surface area contributed by atoms with Crippen molar-refractivity contribution in [2.45, 2.75) is 42.5 Å². The van der Waals surface area contributed by atoms with Crippen LogP contribution in [0, 0.1) is 23.6 Å². The molecule has 2 aliphatic carbocycles. The molecule has 0 saturated heterocycles. The quantitative estimate of drug-likeness (QED) is 0.538. The third kappa shape index (κ3) is 4.52. The lowest BCUT2D eigenvalue weighted by Crippen LogP contribution is -2.53. The van der Waals surface area contributed by atoms with Gasteiger partial charge in [0.15, 0.2) is 15.7 Å². The largest absolute Gasteiger partial charge is 0.511 e. The summed E-state index contributed by atoms with van der Waals surface area (Å²) in [6.45, 7) is 0.103. The molecule has 2 saturated carbocycles. The smallest absolute Gasteiger partial charge is 0.286 e. The van der Waals surface area contributed by atoms with Crippen LogP contribution in [-0.4, -0.2) is 50.9 Å². The predicted molar refractivity (Wildman–Crippen MR) is 143 cm³/mol. The summed E-state index contributed by atoms with van der Waals surface area (Å²) < 4.78 is 67.5. The maximum atomic E-state index is 14.0. The topological polar surface area (TPSA) is 133 Å². The van der Waals surface area contributed by atoms with Gasteiger partial charge >= 0.3 is 0 Å². The molecule has 9 nitrogen and oxygen atoms in total. The van der Waals surface area contributed by atoms with Crippen LogP contribution in [0.15, 0.2) is 57.0 Å². The summed E-state index contributed by atoms with van der Waals surface area (Å²) in [6, 6.07) is 8.09. The third-order valence-corrected chi connectivity index (χ3v) is 10.5. The number of nitrogens with zero attached hydrogens (tertiary/aromatic N) is 2. The Morgan fingerprint density at radius 1 is 1.15 bits per heavy atom. The van der Waals surface area contributed by atoms with Crippen LogP contribution >= 0.6 is 11.6 Å². The highest BCUT2D eigenvalue weighted by Crippen LogP contribution is 2.55. The van der Waals surface area contributed by atoms with Gasteiger partial charge in [0.05, 0.1) is 16.5 Å². The van der Waals surface area contributed by atoms with Crippen molar-refractivity contribution in [3.8, 4) is 0 Å². The molecule has 2 heterocycles. The number of nitrogens with one attached hydrogen (secondary N) is 1. The summed E-state index contributed by atoms with van der Waals surface area (Å²) in [7, 11) is -7.73. The number of carbonyl (C=O) groups is 1. The zero-order valence-corrected chi connectivity index (χ0v) is 23.2. The fraction of sp³-hybridized carbons (Fsp3) is 0.385. The van der Waals surface area contributed by atoms with Gasteiger partial charge in [0.2, 0.25) is 0 Å². The number of anilines is 1. The molecule has 2 fully saturated rings. The average Bonchev–Trinajstić information content (AvgIpc) is 3.46. The third-order valence-electron chi connectivity index (χ3n) is 8.07. The Bertz CT molecular complexity index is 1710. The maximum absolute atomic E-state index is 14.0. The highest BCUT2D eigenvalue weighted by Gasteiger charge is 2.57. The number of aliphatic hydroxyl groups is 1. The molecule has 39 heavy (non-hydrogen) atoms. The summed E-state index contributed by atoms with van der Waals surface area (Å²) in [5.74, 6) is -2.03. The highest BCUT2D eigenvalue weighted by molar-refractivity contribution is 7.90. The minimum Gasteiger partial charge on any atom is -0.511 e. The number of hydrogen-bond donors (Lipinski definition) is 2. The molecule has 2 aromatic carbocycles. The van der Waals surface area contributed by atoms with Crippen LogP contribution in [-0.2, 0) is 37.0 Å². The molecule has 2 aliphatic heterocycles. The summed E-state index contributed by atoms with van der Waals surface area (Å²) >= 11 is 5.98. The SMILES string of the molecule is CS(=O)(=O)Cc1ccc2c(c1)S(=O)(=O)N=C(C1=C(O)[C@@H]3[C@H]4CC[C@H](C4)[C@@H]3N(Cc3ccc(F)c(Cl)c3)C1=O)N2. The van der Waals surface area contributed by atoms with Crippen molar-refractivity contribution in [1.82, 2.24) is 4.90 Å². The van der Waals surface area contributed by atoms with Gasteiger partial charge in [-0.3, -0.25) is 4.79 Å². The lowest BCUT2D eigenvalue weighted by molar-refractivity contribution is -0.134. The van der Waals surface area contributed by atoms with Gasteiger partial charge in [-0.25, -0.2) is 12.8 Å².